The molecule has 3 N–H and O–H groups in total. The van der Waals surface area contributed by atoms with Crippen molar-refractivity contribution in [1.29, 1.82) is 0 Å². The molecule has 2 aromatic carbocycles. The predicted molar refractivity (Wildman–Crippen MR) is 108 cm³/mol. The van der Waals surface area contributed by atoms with Crippen LogP contribution in [0.2, 0.25) is 0 Å². The van der Waals surface area contributed by atoms with E-state index in [9.17, 15) is 22.7 Å². The first-order chi connectivity index (χ1) is 13.2. The second kappa shape index (κ2) is 7.86. The van der Waals surface area contributed by atoms with Crippen molar-refractivity contribution in [2.45, 2.75) is 11.8 Å². The number of thiazole rings is 1. The van der Waals surface area contributed by atoms with Crippen LogP contribution in [0.3, 0.4) is 0 Å². The minimum atomic E-state index is -4.23. The van der Waals surface area contributed by atoms with Crippen molar-refractivity contribution in [3.63, 3.8) is 0 Å². The van der Waals surface area contributed by atoms with Gasteiger partial charge in [-0.3, -0.25) is 9.52 Å². The molecule has 0 spiro atoms. The van der Waals surface area contributed by atoms with Gasteiger partial charge in [-0.15, -0.1) is 11.3 Å². The third-order valence-electron chi connectivity index (χ3n) is 3.54. The molecule has 3 aromatic rings. The number of sulfonamides is 1. The Hall–Kier alpha value is -2.50. The van der Waals surface area contributed by atoms with E-state index in [0.29, 0.717) is 4.88 Å². The molecular formula is C17H13BrFN3O4S2. The lowest BCUT2D eigenvalue weighted by Gasteiger charge is -2.11. The third-order valence-corrected chi connectivity index (χ3v) is 6.43. The molecule has 0 aliphatic carbocycles. The third kappa shape index (κ3) is 4.49. The summed E-state index contributed by atoms with van der Waals surface area (Å²) in [5, 5.41) is 11.9. The summed E-state index contributed by atoms with van der Waals surface area (Å²) in [6.07, 6.45) is 0. The maximum atomic E-state index is 14.2. The number of aromatic nitrogens is 1. The standard InChI is InChI=1S/C17H13BrFN3O4S2/c1-9-15(23)21-17(27-9)16(24)20-12-6-7-13(19)14(8-12)28(25,26)22-11-4-2-10(18)3-5-11/h2-8,22-23H,1H3,(H,20,24). The zero-order valence-corrected chi connectivity index (χ0v) is 17.5. The van der Waals surface area contributed by atoms with Crippen LogP contribution >= 0.6 is 27.3 Å². The van der Waals surface area contributed by atoms with E-state index in [2.05, 4.69) is 31.0 Å². The topological polar surface area (TPSA) is 108 Å². The summed E-state index contributed by atoms with van der Waals surface area (Å²) in [5.41, 5.74) is 0.320. The maximum Gasteiger partial charge on any atom is 0.284 e. The molecule has 1 amide bonds. The Morgan fingerprint density at radius 2 is 1.82 bits per heavy atom. The molecule has 11 heteroatoms. The monoisotopic (exact) mass is 485 g/mol. The van der Waals surface area contributed by atoms with Crippen molar-refractivity contribution >= 4 is 54.6 Å². The molecule has 0 bridgehead atoms. The van der Waals surface area contributed by atoms with Gasteiger partial charge < -0.3 is 10.4 Å². The number of benzene rings is 2. The van der Waals surface area contributed by atoms with Gasteiger partial charge in [0.2, 0.25) is 5.88 Å². The lowest BCUT2D eigenvalue weighted by molar-refractivity contribution is 0.102. The molecule has 0 atom stereocenters. The maximum absolute atomic E-state index is 14.2. The molecular weight excluding hydrogens is 473 g/mol. The summed E-state index contributed by atoms with van der Waals surface area (Å²) < 4.78 is 42.3. The average molecular weight is 486 g/mol. The van der Waals surface area contributed by atoms with E-state index in [4.69, 9.17) is 0 Å². The molecule has 28 heavy (non-hydrogen) atoms. The summed E-state index contributed by atoms with van der Waals surface area (Å²) in [5.74, 6) is -1.87. The molecule has 0 radical (unpaired) electrons. The number of hydrogen-bond acceptors (Lipinski definition) is 6. The van der Waals surface area contributed by atoms with Gasteiger partial charge in [0.05, 0.1) is 4.88 Å². The van der Waals surface area contributed by atoms with E-state index in [1.807, 2.05) is 0 Å². The summed E-state index contributed by atoms with van der Waals surface area (Å²) in [7, 11) is -4.23. The van der Waals surface area contributed by atoms with Crippen molar-refractivity contribution < 1.29 is 22.7 Å². The minimum Gasteiger partial charge on any atom is -0.492 e. The fraction of sp³-hybridized carbons (Fsp3) is 0.0588. The number of amides is 1. The van der Waals surface area contributed by atoms with Gasteiger partial charge in [-0.2, -0.15) is 4.98 Å². The molecule has 1 aromatic heterocycles. The SMILES string of the molecule is Cc1sc(C(=O)Nc2ccc(F)c(S(=O)(=O)Nc3ccc(Br)cc3)c2)nc1O. The van der Waals surface area contributed by atoms with Gasteiger partial charge in [0.25, 0.3) is 15.9 Å². The van der Waals surface area contributed by atoms with Crippen LogP contribution in [0.5, 0.6) is 5.88 Å². The predicted octanol–water partition coefficient (Wildman–Crippen LogP) is 4.11. The minimum absolute atomic E-state index is 0.00304. The molecule has 0 fully saturated rings. The highest BCUT2D eigenvalue weighted by Crippen LogP contribution is 2.26. The number of aromatic hydroxyl groups is 1. The van der Waals surface area contributed by atoms with Crippen molar-refractivity contribution in [3.05, 3.63) is 62.6 Å². The average Bonchev–Trinajstić information content (AvgIpc) is 2.97. The normalized spacial score (nSPS) is 11.2. The number of halogens is 2. The lowest BCUT2D eigenvalue weighted by atomic mass is 10.3. The van der Waals surface area contributed by atoms with Gasteiger partial charge in [0.15, 0.2) is 5.01 Å². The number of aryl methyl sites for hydroxylation is 1. The second-order valence-electron chi connectivity index (χ2n) is 5.61. The Morgan fingerprint density at radius 1 is 1.18 bits per heavy atom. The highest BCUT2D eigenvalue weighted by molar-refractivity contribution is 9.10. The number of hydrogen-bond donors (Lipinski definition) is 3. The van der Waals surface area contributed by atoms with E-state index in [0.717, 1.165) is 27.9 Å². The van der Waals surface area contributed by atoms with Gasteiger partial charge in [0, 0.05) is 15.8 Å². The Morgan fingerprint density at radius 3 is 2.43 bits per heavy atom. The molecule has 1 heterocycles. The van der Waals surface area contributed by atoms with Gasteiger partial charge in [-0.05, 0) is 49.4 Å². The molecule has 0 aliphatic heterocycles. The number of carbonyl (C=O) groups is 1. The van der Waals surface area contributed by atoms with Crippen molar-refractivity contribution in [2.24, 2.45) is 0 Å². The molecule has 146 valence electrons. The highest BCUT2D eigenvalue weighted by Gasteiger charge is 2.21. The first kappa shape index (κ1) is 20.2. The van der Waals surface area contributed by atoms with Crippen LogP contribution in [0.15, 0.2) is 51.8 Å². The fourth-order valence-corrected chi connectivity index (χ4v) is 4.32. The molecule has 3 rings (SSSR count). The molecule has 0 aliphatic rings. The van der Waals surface area contributed by atoms with Gasteiger partial charge in [-0.1, -0.05) is 15.9 Å². The quantitative estimate of drug-likeness (QED) is 0.503. The van der Waals surface area contributed by atoms with Crippen LogP contribution < -0.4 is 10.0 Å². The Labute approximate surface area is 172 Å². The Kier molecular flexibility index (Phi) is 5.68. The van der Waals surface area contributed by atoms with E-state index >= 15 is 0 Å². The lowest BCUT2D eigenvalue weighted by Crippen LogP contribution is -2.16. The Balaban J connectivity index is 1.86. The van der Waals surface area contributed by atoms with Crippen LogP contribution in [0.25, 0.3) is 0 Å². The zero-order chi connectivity index (χ0) is 20.5. The summed E-state index contributed by atoms with van der Waals surface area (Å²) in [6.45, 7) is 1.60. The summed E-state index contributed by atoms with van der Waals surface area (Å²) >= 11 is 4.22. The van der Waals surface area contributed by atoms with Crippen LogP contribution in [0, 0.1) is 12.7 Å². The highest BCUT2D eigenvalue weighted by atomic mass is 79.9. The van der Waals surface area contributed by atoms with Crippen LogP contribution in [0.1, 0.15) is 14.7 Å². The first-order valence-electron chi connectivity index (χ1n) is 7.71. The van der Waals surface area contributed by atoms with Crippen molar-refractivity contribution in [1.82, 2.24) is 4.98 Å². The number of carbonyl (C=O) groups excluding carboxylic acids is 1. The number of nitrogens with zero attached hydrogens (tertiary/aromatic N) is 1. The summed E-state index contributed by atoms with van der Waals surface area (Å²) in [4.78, 5) is 15.8. The number of rotatable bonds is 5. The molecule has 0 saturated carbocycles. The first-order valence-corrected chi connectivity index (χ1v) is 10.8. The fourth-order valence-electron chi connectivity index (χ4n) is 2.19. The van der Waals surface area contributed by atoms with Crippen LogP contribution in [-0.4, -0.2) is 24.4 Å². The second-order valence-corrected chi connectivity index (χ2v) is 9.38. The van der Waals surface area contributed by atoms with Crippen molar-refractivity contribution in [3.8, 4) is 5.88 Å². The van der Waals surface area contributed by atoms with E-state index in [1.54, 1.807) is 19.1 Å². The molecule has 7 nitrogen and oxygen atoms in total. The van der Waals surface area contributed by atoms with Gasteiger partial charge in [0.1, 0.15) is 10.7 Å². The zero-order valence-electron chi connectivity index (χ0n) is 14.2. The van der Waals surface area contributed by atoms with E-state index < -0.39 is 26.6 Å². The van der Waals surface area contributed by atoms with E-state index in [-0.39, 0.29) is 22.3 Å². The van der Waals surface area contributed by atoms with Gasteiger partial charge >= 0.3 is 0 Å². The number of nitrogens with one attached hydrogen (secondary N) is 2. The molecule has 0 saturated heterocycles. The summed E-state index contributed by atoms with van der Waals surface area (Å²) in [6, 6.07) is 9.48. The van der Waals surface area contributed by atoms with Gasteiger partial charge in [-0.25, -0.2) is 12.8 Å². The van der Waals surface area contributed by atoms with Crippen LogP contribution in [0.4, 0.5) is 15.8 Å². The molecule has 0 unspecified atom stereocenters. The number of anilines is 2. The Bertz CT molecular complexity index is 1130. The largest absolute Gasteiger partial charge is 0.492 e. The van der Waals surface area contributed by atoms with E-state index in [1.165, 1.54) is 18.2 Å². The smallest absolute Gasteiger partial charge is 0.284 e. The van der Waals surface area contributed by atoms with Crippen LogP contribution in [-0.2, 0) is 10.0 Å². The van der Waals surface area contributed by atoms with Crippen molar-refractivity contribution in [2.75, 3.05) is 10.0 Å².